The molecule has 0 unspecified atom stereocenters. The Kier molecular flexibility index (Phi) is 5.75. The standard InChI is InChI=1S/C14H27NO2/c1-2-9-15-13-5-7-14(8-6-13)17-11-16-10-12-3-4-12/h12-15H,2-11H2,1H3. The summed E-state index contributed by atoms with van der Waals surface area (Å²) in [5.74, 6) is 0.840. The third-order valence-corrected chi connectivity index (χ3v) is 3.79. The molecular weight excluding hydrogens is 214 g/mol. The largest absolute Gasteiger partial charge is 0.355 e. The van der Waals surface area contributed by atoms with Crippen LogP contribution in [0.1, 0.15) is 51.9 Å². The summed E-state index contributed by atoms with van der Waals surface area (Å²) in [6.07, 6.45) is 9.27. The van der Waals surface area contributed by atoms with Crippen molar-refractivity contribution >= 4 is 0 Å². The van der Waals surface area contributed by atoms with E-state index in [9.17, 15) is 0 Å². The van der Waals surface area contributed by atoms with E-state index in [4.69, 9.17) is 9.47 Å². The number of ether oxygens (including phenoxy) is 2. The predicted octanol–water partition coefficient (Wildman–Crippen LogP) is 2.70. The summed E-state index contributed by atoms with van der Waals surface area (Å²) in [4.78, 5) is 0. The molecule has 0 amide bonds. The molecule has 0 aromatic carbocycles. The molecule has 100 valence electrons. The van der Waals surface area contributed by atoms with E-state index >= 15 is 0 Å². The summed E-state index contributed by atoms with van der Waals surface area (Å²) in [6, 6.07) is 0.724. The zero-order valence-electron chi connectivity index (χ0n) is 11.1. The van der Waals surface area contributed by atoms with Gasteiger partial charge in [-0.2, -0.15) is 0 Å². The first-order valence-corrected chi connectivity index (χ1v) is 7.31. The number of hydrogen-bond acceptors (Lipinski definition) is 3. The van der Waals surface area contributed by atoms with Gasteiger partial charge < -0.3 is 14.8 Å². The molecule has 3 nitrogen and oxygen atoms in total. The Morgan fingerprint density at radius 2 is 1.82 bits per heavy atom. The molecule has 0 aromatic rings. The molecule has 0 radical (unpaired) electrons. The summed E-state index contributed by atoms with van der Waals surface area (Å²) >= 11 is 0. The van der Waals surface area contributed by atoms with E-state index in [1.165, 1.54) is 44.9 Å². The minimum Gasteiger partial charge on any atom is -0.355 e. The Bertz CT molecular complexity index is 198. The Morgan fingerprint density at radius 3 is 2.47 bits per heavy atom. The van der Waals surface area contributed by atoms with Crippen molar-refractivity contribution in [3.63, 3.8) is 0 Å². The molecule has 1 N–H and O–H groups in total. The summed E-state index contributed by atoms with van der Waals surface area (Å²) in [6.45, 7) is 4.79. The van der Waals surface area contributed by atoms with Gasteiger partial charge in [-0.05, 0) is 57.4 Å². The highest BCUT2D eigenvalue weighted by Crippen LogP contribution is 2.29. The summed E-state index contributed by atoms with van der Waals surface area (Å²) in [5, 5.41) is 3.60. The van der Waals surface area contributed by atoms with E-state index in [0.717, 1.165) is 25.1 Å². The van der Waals surface area contributed by atoms with E-state index in [1.54, 1.807) is 0 Å². The van der Waals surface area contributed by atoms with Crippen molar-refractivity contribution in [2.45, 2.75) is 64.0 Å². The van der Waals surface area contributed by atoms with E-state index in [2.05, 4.69) is 12.2 Å². The maximum Gasteiger partial charge on any atom is 0.147 e. The summed E-state index contributed by atoms with van der Waals surface area (Å²) in [5.41, 5.74) is 0. The lowest BCUT2D eigenvalue weighted by atomic mass is 9.93. The lowest BCUT2D eigenvalue weighted by Crippen LogP contribution is -2.35. The van der Waals surface area contributed by atoms with Crippen molar-refractivity contribution < 1.29 is 9.47 Å². The van der Waals surface area contributed by atoms with Gasteiger partial charge in [-0.25, -0.2) is 0 Å². The molecule has 17 heavy (non-hydrogen) atoms. The third-order valence-electron chi connectivity index (χ3n) is 3.79. The van der Waals surface area contributed by atoms with E-state index in [0.29, 0.717) is 12.9 Å². The van der Waals surface area contributed by atoms with Gasteiger partial charge in [-0.15, -0.1) is 0 Å². The van der Waals surface area contributed by atoms with Crippen LogP contribution < -0.4 is 5.32 Å². The molecule has 3 heteroatoms. The van der Waals surface area contributed by atoms with Gasteiger partial charge in [0.15, 0.2) is 0 Å². The van der Waals surface area contributed by atoms with E-state index < -0.39 is 0 Å². The molecule has 2 aliphatic rings. The van der Waals surface area contributed by atoms with Gasteiger partial charge in [0.1, 0.15) is 6.79 Å². The Labute approximate surface area is 105 Å². The van der Waals surface area contributed by atoms with E-state index in [-0.39, 0.29) is 0 Å². The van der Waals surface area contributed by atoms with E-state index in [1.807, 2.05) is 0 Å². The second-order valence-electron chi connectivity index (χ2n) is 5.53. The fourth-order valence-corrected chi connectivity index (χ4v) is 2.43. The van der Waals surface area contributed by atoms with Crippen LogP contribution in [0.5, 0.6) is 0 Å². The first-order valence-electron chi connectivity index (χ1n) is 7.31. The molecule has 0 aliphatic heterocycles. The lowest BCUT2D eigenvalue weighted by Gasteiger charge is -2.29. The molecule has 2 saturated carbocycles. The van der Waals surface area contributed by atoms with Crippen LogP contribution in [0.25, 0.3) is 0 Å². The average molecular weight is 241 g/mol. The summed E-state index contributed by atoms with van der Waals surface area (Å²) < 4.78 is 11.3. The van der Waals surface area contributed by atoms with Crippen LogP contribution in [-0.2, 0) is 9.47 Å². The van der Waals surface area contributed by atoms with Gasteiger partial charge in [0.25, 0.3) is 0 Å². The van der Waals surface area contributed by atoms with Gasteiger partial charge in [0.2, 0.25) is 0 Å². The van der Waals surface area contributed by atoms with Crippen LogP contribution in [-0.4, -0.2) is 32.1 Å². The average Bonchev–Trinajstić information content (AvgIpc) is 3.18. The number of nitrogens with one attached hydrogen (secondary N) is 1. The highest BCUT2D eigenvalue weighted by molar-refractivity contribution is 4.77. The summed E-state index contributed by atoms with van der Waals surface area (Å²) in [7, 11) is 0. The second-order valence-corrected chi connectivity index (χ2v) is 5.53. The quantitative estimate of drug-likeness (QED) is 0.523. The van der Waals surface area contributed by atoms with Crippen molar-refractivity contribution in [1.29, 1.82) is 0 Å². The monoisotopic (exact) mass is 241 g/mol. The molecule has 2 fully saturated rings. The highest BCUT2D eigenvalue weighted by Gasteiger charge is 2.23. The Hall–Kier alpha value is -0.120. The fourth-order valence-electron chi connectivity index (χ4n) is 2.43. The molecule has 2 aliphatic carbocycles. The van der Waals surface area contributed by atoms with Crippen LogP contribution in [0.4, 0.5) is 0 Å². The molecular formula is C14H27NO2. The first-order chi connectivity index (χ1) is 8.38. The predicted molar refractivity (Wildman–Crippen MR) is 69.0 cm³/mol. The van der Waals surface area contributed by atoms with Crippen LogP contribution >= 0.6 is 0 Å². The van der Waals surface area contributed by atoms with Crippen molar-refractivity contribution in [2.24, 2.45) is 5.92 Å². The fraction of sp³-hybridized carbons (Fsp3) is 1.00. The maximum absolute atomic E-state index is 5.76. The zero-order valence-corrected chi connectivity index (χ0v) is 11.1. The SMILES string of the molecule is CCCNC1CCC(OCOCC2CC2)CC1. The zero-order chi connectivity index (χ0) is 11.9. The third kappa shape index (κ3) is 5.36. The van der Waals surface area contributed by atoms with Gasteiger partial charge in [-0.3, -0.25) is 0 Å². The second kappa shape index (κ2) is 7.34. The molecule has 0 spiro atoms. The number of hydrogen-bond donors (Lipinski definition) is 1. The normalized spacial score (nSPS) is 29.5. The van der Waals surface area contributed by atoms with Crippen molar-refractivity contribution in [3.05, 3.63) is 0 Å². The van der Waals surface area contributed by atoms with Crippen LogP contribution in [0.2, 0.25) is 0 Å². The van der Waals surface area contributed by atoms with Crippen LogP contribution in [0, 0.1) is 5.92 Å². The minimum atomic E-state index is 0.439. The topological polar surface area (TPSA) is 30.5 Å². The van der Waals surface area contributed by atoms with Gasteiger partial charge in [-0.1, -0.05) is 6.92 Å². The van der Waals surface area contributed by atoms with Crippen molar-refractivity contribution in [2.75, 3.05) is 19.9 Å². The Balaban J connectivity index is 1.46. The molecule has 0 heterocycles. The highest BCUT2D eigenvalue weighted by atomic mass is 16.7. The van der Waals surface area contributed by atoms with Gasteiger partial charge >= 0.3 is 0 Å². The number of rotatable bonds is 8. The molecule has 0 bridgehead atoms. The van der Waals surface area contributed by atoms with Crippen molar-refractivity contribution in [3.8, 4) is 0 Å². The Morgan fingerprint density at radius 1 is 1.06 bits per heavy atom. The van der Waals surface area contributed by atoms with Crippen molar-refractivity contribution in [1.82, 2.24) is 5.32 Å². The minimum absolute atomic E-state index is 0.439. The lowest BCUT2D eigenvalue weighted by molar-refractivity contribution is -0.102. The first kappa shape index (κ1) is 13.3. The molecule has 0 atom stereocenters. The maximum atomic E-state index is 5.76. The smallest absolute Gasteiger partial charge is 0.147 e. The molecule has 0 saturated heterocycles. The molecule has 0 aromatic heterocycles. The molecule has 2 rings (SSSR count). The van der Waals surface area contributed by atoms with Crippen LogP contribution in [0.15, 0.2) is 0 Å². The van der Waals surface area contributed by atoms with Gasteiger partial charge in [0, 0.05) is 6.04 Å². The van der Waals surface area contributed by atoms with Gasteiger partial charge in [0.05, 0.1) is 12.7 Å². The van der Waals surface area contributed by atoms with Crippen LogP contribution in [0.3, 0.4) is 0 Å².